The van der Waals surface area contributed by atoms with E-state index < -0.39 is 0 Å². The van der Waals surface area contributed by atoms with Crippen LogP contribution in [0.1, 0.15) is 31.9 Å². The number of likely N-dealkylation sites (N-methyl/N-ethyl adjacent to an activating group) is 1. The summed E-state index contributed by atoms with van der Waals surface area (Å²) in [5, 5.41) is 3.05. The van der Waals surface area contributed by atoms with E-state index >= 15 is 0 Å². The van der Waals surface area contributed by atoms with Gasteiger partial charge in [-0.1, -0.05) is 32.0 Å². The van der Waals surface area contributed by atoms with Crippen molar-refractivity contribution < 1.29 is 4.79 Å². The molecule has 0 radical (unpaired) electrons. The molecule has 1 aromatic carbocycles. The van der Waals surface area contributed by atoms with Gasteiger partial charge in [0, 0.05) is 5.69 Å². The van der Waals surface area contributed by atoms with Crippen LogP contribution in [0.2, 0.25) is 0 Å². The molecular formula is C15H25ClN2O. The molecule has 1 rings (SSSR count). The minimum Gasteiger partial charge on any atom is -0.324 e. The second kappa shape index (κ2) is 8.18. The molecule has 1 N–H and O–H groups in total. The van der Waals surface area contributed by atoms with Gasteiger partial charge < -0.3 is 5.32 Å². The maximum Gasteiger partial charge on any atom is 0.241 e. The molecule has 0 saturated carbocycles. The SMILES string of the molecule is CCN(CC)C(C)C(=O)Nc1c(C)cccc1C.Cl. The van der Waals surface area contributed by atoms with Crippen LogP contribution in [-0.4, -0.2) is 29.9 Å². The molecule has 0 fully saturated rings. The number of benzene rings is 1. The maximum atomic E-state index is 12.2. The predicted molar refractivity (Wildman–Crippen MR) is 84.2 cm³/mol. The summed E-state index contributed by atoms with van der Waals surface area (Å²) in [7, 11) is 0. The molecule has 1 atom stereocenters. The highest BCUT2D eigenvalue weighted by molar-refractivity contribution is 5.95. The van der Waals surface area contributed by atoms with E-state index in [-0.39, 0.29) is 24.4 Å². The molecular weight excluding hydrogens is 260 g/mol. The van der Waals surface area contributed by atoms with Gasteiger partial charge in [0.15, 0.2) is 0 Å². The Kier molecular flexibility index (Phi) is 7.72. The molecule has 4 heteroatoms. The summed E-state index contributed by atoms with van der Waals surface area (Å²) < 4.78 is 0. The van der Waals surface area contributed by atoms with E-state index in [2.05, 4.69) is 24.1 Å². The Morgan fingerprint density at radius 3 is 2.11 bits per heavy atom. The second-order valence-corrected chi connectivity index (χ2v) is 4.65. The van der Waals surface area contributed by atoms with Crippen molar-refractivity contribution in [3.05, 3.63) is 29.3 Å². The largest absolute Gasteiger partial charge is 0.324 e. The molecule has 0 heterocycles. The lowest BCUT2D eigenvalue weighted by Gasteiger charge is -2.26. The summed E-state index contributed by atoms with van der Waals surface area (Å²) >= 11 is 0. The molecule has 0 saturated heterocycles. The van der Waals surface area contributed by atoms with E-state index in [1.54, 1.807) is 0 Å². The molecule has 1 unspecified atom stereocenters. The lowest BCUT2D eigenvalue weighted by atomic mass is 10.1. The number of nitrogens with zero attached hydrogens (tertiary/aromatic N) is 1. The molecule has 0 aromatic heterocycles. The number of halogens is 1. The molecule has 1 amide bonds. The first-order valence-electron chi connectivity index (χ1n) is 6.62. The van der Waals surface area contributed by atoms with Gasteiger partial charge in [0.05, 0.1) is 6.04 Å². The van der Waals surface area contributed by atoms with Gasteiger partial charge in [0.25, 0.3) is 0 Å². The van der Waals surface area contributed by atoms with E-state index in [9.17, 15) is 4.79 Å². The highest BCUT2D eigenvalue weighted by Crippen LogP contribution is 2.19. The Labute approximate surface area is 122 Å². The third-order valence-corrected chi connectivity index (χ3v) is 3.47. The van der Waals surface area contributed by atoms with Gasteiger partial charge in [-0.3, -0.25) is 9.69 Å². The minimum absolute atomic E-state index is 0. The summed E-state index contributed by atoms with van der Waals surface area (Å²) in [5.41, 5.74) is 3.16. The van der Waals surface area contributed by atoms with Gasteiger partial charge in [0.2, 0.25) is 5.91 Å². The fourth-order valence-corrected chi connectivity index (χ4v) is 2.18. The lowest BCUT2D eigenvalue weighted by Crippen LogP contribution is -2.42. The van der Waals surface area contributed by atoms with Crippen LogP contribution in [0, 0.1) is 13.8 Å². The second-order valence-electron chi connectivity index (χ2n) is 4.65. The first-order chi connectivity index (χ1) is 8.51. The average Bonchev–Trinajstić information content (AvgIpc) is 2.35. The Hall–Kier alpha value is -1.06. The zero-order chi connectivity index (χ0) is 13.7. The van der Waals surface area contributed by atoms with Gasteiger partial charge >= 0.3 is 0 Å². The molecule has 19 heavy (non-hydrogen) atoms. The number of para-hydroxylation sites is 1. The molecule has 0 aliphatic rings. The maximum absolute atomic E-state index is 12.2. The van der Waals surface area contributed by atoms with Crippen molar-refractivity contribution >= 4 is 24.0 Å². The van der Waals surface area contributed by atoms with E-state index in [0.29, 0.717) is 0 Å². The number of nitrogens with one attached hydrogen (secondary N) is 1. The van der Waals surface area contributed by atoms with Gasteiger partial charge in [-0.05, 0) is 45.0 Å². The Morgan fingerprint density at radius 1 is 1.21 bits per heavy atom. The van der Waals surface area contributed by atoms with Crippen LogP contribution in [0.4, 0.5) is 5.69 Å². The number of carbonyl (C=O) groups is 1. The van der Waals surface area contributed by atoms with E-state index in [1.165, 1.54) is 0 Å². The number of hydrogen-bond acceptors (Lipinski definition) is 2. The van der Waals surface area contributed by atoms with Gasteiger partial charge in [-0.25, -0.2) is 0 Å². The van der Waals surface area contributed by atoms with E-state index in [4.69, 9.17) is 0 Å². The van der Waals surface area contributed by atoms with Crippen LogP contribution in [0.3, 0.4) is 0 Å². The summed E-state index contributed by atoms with van der Waals surface area (Å²) in [5.74, 6) is 0.0658. The van der Waals surface area contributed by atoms with Crippen LogP contribution in [-0.2, 0) is 4.79 Å². The van der Waals surface area contributed by atoms with Crippen molar-refractivity contribution in [2.45, 2.75) is 40.7 Å². The van der Waals surface area contributed by atoms with Crippen molar-refractivity contribution in [3.8, 4) is 0 Å². The number of rotatable bonds is 5. The smallest absolute Gasteiger partial charge is 0.241 e. The van der Waals surface area contributed by atoms with Gasteiger partial charge in [-0.15, -0.1) is 12.4 Å². The van der Waals surface area contributed by atoms with Crippen molar-refractivity contribution in [3.63, 3.8) is 0 Å². The normalized spacial score (nSPS) is 11.9. The van der Waals surface area contributed by atoms with Crippen molar-refractivity contribution in [2.75, 3.05) is 18.4 Å². The molecule has 0 aliphatic heterocycles. The van der Waals surface area contributed by atoms with Gasteiger partial charge in [-0.2, -0.15) is 0 Å². The first kappa shape index (κ1) is 17.9. The first-order valence-corrected chi connectivity index (χ1v) is 6.62. The number of anilines is 1. The van der Waals surface area contributed by atoms with E-state index in [1.807, 2.05) is 39.0 Å². The minimum atomic E-state index is -0.0981. The monoisotopic (exact) mass is 284 g/mol. The lowest BCUT2D eigenvalue weighted by molar-refractivity contribution is -0.120. The Morgan fingerprint density at radius 2 is 1.68 bits per heavy atom. The van der Waals surface area contributed by atoms with Crippen LogP contribution in [0.5, 0.6) is 0 Å². The molecule has 3 nitrogen and oxygen atoms in total. The fraction of sp³-hybridized carbons (Fsp3) is 0.533. The number of aryl methyl sites for hydroxylation is 2. The topological polar surface area (TPSA) is 32.3 Å². The molecule has 108 valence electrons. The van der Waals surface area contributed by atoms with E-state index in [0.717, 1.165) is 29.9 Å². The summed E-state index contributed by atoms with van der Waals surface area (Å²) in [4.78, 5) is 14.4. The zero-order valence-electron chi connectivity index (χ0n) is 12.5. The molecule has 1 aromatic rings. The van der Waals surface area contributed by atoms with Crippen molar-refractivity contribution in [2.24, 2.45) is 0 Å². The summed E-state index contributed by atoms with van der Waals surface area (Å²) in [6.07, 6.45) is 0. The quantitative estimate of drug-likeness (QED) is 0.899. The predicted octanol–water partition coefficient (Wildman–Crippen LogP) is 3.39. The number of amides is 1. The van der Waals surface area contributed by atoms with Crippen molar-refractivity contribution in [1.82, 2.24) is 4.90 Å². The third kappa shape index (κ3) is 4.51. The summed E-state index contributed by atoms with van der Waals surface area (Å²) in [6, 6.07) is 5.95. The fourth-order valence-electron chi connectivity index (χ4n) is 2.18. The highest BCUT2D eigenvalue weighted by Gasteiger charge is 2.19. The Balaban J connectivity index is 0.00000324. The molecule has 0 bridgehead atoms. The standard InChI is InChI=1S/C15H24N2O.ClH/c1-6-17(7-2)13(5)15(18)16-14-11(3)9-8-10-12(14)4;/h8-10,13H,6-7H2,1-5H3,(H,16,18);1H. The van der Waals surface area contributed by atoms with Gasteiger partial charge in [0.1, 0.15) is 0 Å². The number of hydrogen-bond donors (Lipinski definition) is 1. The summed E-state index contributed by atoms with van der Waals surface area (Å²) in [6.45, 7) is 11.9. The average molecular weight is 285 g/mol. The van der Waals surface area contributed by atoms with Crippen molar-refractivity contribution in [1.29, 1.82) is 0 Å². The number of carbonyl (C=O) groups excluding carboxylic acids is 1. The van der Waals surface area contributed by atoms with Crippen LogP contribution >= 0.6 is 12.4 Å². The molecule has 0 aliphatic carbocycles. The third-order valence-electron chi connectivity index (χ3n) is 3.47. The highest BCUT2D eigenvalue weighted by atomic mass is 35.5. The molecule has 0 spiro atoms. The van der Waals surface area contributed by atoms with Crippen LogP contribution < -0.4 is 5.32 Å². The Bertz CT molecular complexity index is 396. The van der Waals surface area contributed by atoms with Crippen LogP contribution in [0.15, 0.2) is 18.2 Å². The van der Waals surface area contributed by atoms with Crippen LogP contribution in [0.25, 0.3) is 0 Å². The zero-order valence-corrected chi connectivity index (χ0v) is 13.3.